The number of hydrogen-bond donors (Lipinski definition) is 2. The van der Waals surface area contributed by atoms with Gasteiger partial charge < -0.3 is 11.1 Å². The molecule has 0 bridgehead atoms. The molecule has 3 N–H and O–H groups in total. The Morgan fingerprint density at radius 2 is 2.00 bits per heavy atom. The van der Waals surface area contributed by atoms with E-state index in [1.807, 2.05) is 12.1 Å². The highest BCUT2D eigenvalue weighted by molar-refractivity contribution is 5.43. The van der Waals surface area contributed by atoms with Crippen molar-refractivity contribution in [3.8, 4) is 0 Å². The smallest absolute Gasteiger partial charge is 0.272 e. The predicted molar refractivity (Wildman–Crippen MR) is 79.6 cm³/mol. The molecule has 1 unspecified atom stereocenters. The average molecular weight is 277 g/mol. The molecule has 110 valence electrons. The Labute approximate surface area is 119 Å². The first-order chi connectivity index (χ1) is 9.47. The van der Waals surface area contributed by atoms with Gasteiger partial charge in [-0.1, -0.05) is 12.1 Å². The van der Waals surface area contributed by atoms with Crippen molar-refractivity contribution in [3.63, 3.8) is 0 Å². The summed E-state index contributed by atoms with van der Waals surface area (Å²) in [6, 6.07) is 6.39. The first-order valence-electron chi connectivity index (χ1n) is 7.24. The normalized spacial score (nSPS) is 24.4. The number of benzene rings is 1. The third-order valence-corrected chi connectivity index (χ3v) is 4.19. The lowest BCUT2D eigenvalue weighted by atomic mass is 9.91. The molecular formula is C15H23N3O2. The summed E-state index contributed by atoms with van der Waals surface area (Å²) in [5.41, 5.74) is 7.77. The van der Waals surface area contributed by atoms with E-state index in [0.29, 0.717) is 17.6 Å². The van der Waals surface area contributed by atoms with Crippen LogP contribution in [0, 0.1) is 17.0 Å². The van der Waals surface area contributed by atoms with E-state index in [0.717, 1.165) is 31.2 Å². The lowest BCUT2D eigenvalue weighted by molar-refractivity contribution is -0.385. The van der Waals surface area contributed by atoms with Crippen LogP contribution in [0.1, 0.15) is 49.8 Å². The number of aryl methyl sites for hydroxylation is 1. The van der Waals surface area contributed by atoms with Crippen LogP contribution in [0.25, 0.3) is 0 Å². The summed E-state index contributed by atoms with van der Waals surface area (Å²) in [7, 11) is 0. The minimum absolute atomic E-state index is 0.119. The van der Waals surface area contributed by atoms with Crippen LogP contribution in [0.4, 0.5) is 5.69 Å². The van der Waals surface area contributed by atoms with E-state index in [1.165, 1.54) is 0 Å². The fourth-order valence-corrected chi connectivity index (χ4v) is 2.83. The number of nitro benzene ring substituents is 1. The molecule has 1 aromatic rings. The van der Waals surface area contributed by atoms with Crippen molar-refractivity contribution in [2.75, 3.05) is 0 Å². The molecule has 0 amide bonds. The quantitative estimate of drug-likeness (QED) is 0.655. The van der Waals surface area contributed by atoms with E-state index in [-0.39, 0.29) is 16.7 Å². The zero-order valence-corrected chi connectivity index (χ0v) is 12.1. The largest absolute Gasteiger partial charge is 0.328 e. The van der Waals surface area contributed by atoms with Crippen LogP contribution < -0.4 is 11.1 Å². The topological polar surface area (TPSA) is 81.2 Å². The van der Waals surface area contributed by atoms with Crippen molar-refractivity contribution in [3.05, 3.63) is 39.4 Å². The van der Waals surface area contributed by atoms with E-state index in [9.17, 15) is 10.1 Å². The molecule has 1 saturated carbocycles. The molecular weight excluding hydrogens is 254 g/mol. The molecule has 1 aliphatic rings. The van der Waals surface area contributed by atoms with Gasteiger partial charge in [0.05, 0.1) is 4.92 Å². The minimum atomic E-state index is -0.314. The van der Waals surface area contributed by atoms with Gasteiger partial charge in [-0.05, 0) is 45.1 Å². The van der Waals surface area contributed by atoms with Crippen molar-refractivity contribution in [1.29, 1.82) is 0 Å². The Kier molecular flexibility index (Phi) is 4.73. The number of hydrogen-bond acceptors (Lipinski definition) is 4. The lowest BCUT2D eigenvalue weighted by Crippen LogP contribution is -2.38. The third kappa shape index (κ3) is 3.55. The second-order valence-electron chi connectivity index (χ2n) is 5.80. The second-order valence-corrected chi connectivity index (χ2v) is 5.80. The molecule has 5 nitrogen and oxygen atoms in total. The van der Waals surface area contributed by atoms with Gasteiger partial charge in [0.1, 0.15) is 0 Å². The Bertz CT molecular complexity index is 482. The molecule has 1 aromatic carbocycles. The van der Waals surface area contributed by atoms with E-state index < -0.39 is 0 Å². The minimum Gasteiger partial charge on any atom is -0.328 e. The monoisotopic (exact) mass is 277 g/mol. The molecule has 0 spiro atoms. The lowest BCUT2D eigenvalue weighted by Gasteiger charge is -2.29. The van der Waals surface area contributed by atoms with Gasteiger partial charge in [0, 0.05) is 29.8 Å². The fourth-order valence-electron chi connectivity index (χ4n) is 2.83. The van der Waals surface area contributed by atoms with Gasteiger partial charge in [-0.2, -0.15) is 0 Å². The maximum absolute atomic E-state index is 11.0. The Hall–Kier alpha value is -1.46. The van der Waals surface area contributed by atoms with Crippen LogP contribution in [0.3, 0.4) is 0 Å². The highest BCUT2D eigenvalue weighted by Gasteiger charge is 2.21. The number of nitrogens with one attached hydrogen (secondary N) is 1. The van der Waals surface area contributed by atoms with Crippen LogP contribution in [0.15, 0.2) is 18.2 Å². The van der Waals surface area contributed by atoms with Crippen molar-refractivity contribution < 1.29 is 4.92 Å². The van der Waals surface area contributed by atoms with E-state index >= 15 is 0 Å². The van der Waals surface area contributed by atoms with E-state index in [2.05, 4.69) is 12.2 Å². The van der Waals surface area contributed by atoms with Gasteiger partial charge in [-0.15, -0.1) is 0 Å². The maximum Gasteiger partial charge on any atom is 0.272 e. The van der Waals surface area contributed by atoms with Gasteiger partial charge in [0.2, 0.25) is 0 Å². The third-order valence-electron chi connectivity index (χ3n) is 4.19. The van der Waals surface area contributed by atoms with Crippen molar-refractivity contribution in [2.45, 2.75) is 57.7 Å². The van der Waals surface area contributed by atoms with Crippen LogP contribution in [0.2, 0.25) is 0 Å². The molecule has 0 aliphatic heterocycles. The molecule has 0 saturated heterocycles. The number of nitro groups is 1. The summed E-state index contributed by atoms with van der Waals surface area (Å²) < 4.78 is 0. The molecule has 5 heteroatoms. The van der Waals surface area contributed by atoms with Crippen LogP contribution >= 0.6 is 0 Å². The highest BCUT2D eigenvalue weighted by Crippen LogP contribution is 2.25. The molecule has 0 heterocycles. The summed E-state index contributed by atoms with van der Waals surface area (Å²) in [4.78, 5) is 10.7. The fraction of sp³-hybridized carbons (Fsp3) is 0.600. The van der Waals surface area contributed by atoms with Gasteiger partial charge in [-0.25, -0.2) is 0 Å². The first kappa shape index (κ1) is 14.9. The number of rotatable bonds is 4. The Morgan fingerprint density at radius 3 is 2.60 bits per heavy atom. The summed E-state index contributed by atoms with van der Waals surface area (Å²) in [5, 5.41) is 14.6. The van der Waals surface area contributed by atoms with Gasteiger partial charge in [0.25, 0.3) is 5.69 Å². The second kappa shape index (κ2) is 6.33. The van der Waals surface area contributed by atoms with Crippen LogP contribution in [-0.4, -0.2) is 17.0 Å². The zero-order chi connectivity index (χ0) is 14.7. The van der Waals surface area contributed by atoms with E-state index in [1.54, 1.807) is 13.0 Å². The van der Waals surface area contributed by atoms with Gasteiger partial charge >= 0.3 is 0 Å². The highest BCUT2D eigenvalue weighted by atomic mass is 16.6. The van der Waals surface area contributed by atoms with E-state index in [4.69, 9.17) is 5.73 Å². The zero-order valence-electron chi connectivity index (χ0n) is 12.1. The average Bonchev–Trinajstić information content (AvgIpc) is 2.41. The summed E-state index contributed by atoms with van der Waals surface area (Å²) in [5.74, 6) is 0. The van der Waals surface area contributed by atoms with Crippen LogP contribution in [-0.2, 0) is 0 Å². The first-order valence-corrected chi connectivity index (χ1v) is 7.24. The summed E-state index contributed by atoms with van der Waals surface area (Å²) in [6.45, 7) is 3.82. The molecule has 1 aliphatic carbocycles. The molecule has 0 radical (unpaired) electrons. The van der Waals surface area contributed by atoms with Gasteiger partial charge in [0.15, 0.2) is 0 Å². The molecule has 0 aromatic heterocycles. The van der Waals surface area contributed by atoms with Crippen molar-refractivity contribution in [2.24, 2.45) is 5.73 Å². The Balaban J connectivity index is 2.03. The predicted octanol–water partition coefficient (Wildman–Crippen LogP) is 2.82. The molecule has 2 rings (SSSR count). The maximum atomic E-state index is 11.0. The standard InChI is InChI=1S/C15H23N3O2/c1-10-3-4-12(9-15(10)18(19)20)11(2)17-14-7-5-13(16)6-8-14/h3-4,9,11,13-14,17H,5-8,16H2,1-2H3. The summed E-state index contributed by atoms with van der Waals surface area (Å²) >= 11 is 0. The number of nitrogens with zero attached hydrogens (tertiary/aromatic N) is 1. The Morgan fingerprint density at radius 1 is 1.35 bits per heavy atom. The number of nitrogens with two attached hydrogens (primary N) is 1. The van der Waals surface area contributed by atoms with Crippen molar-refractivity contribution >= 4 is 5.69 Å². The van der Waals surface area contributed by atoms with Gasteiger partial charge in [-0.3, -0.25) is 10.1 Å². The van der Waals surface area contributed by atoms with Crippen LogP contribution in [0.5, 0.6) is 0 Å². The SMILES string of the molecule is Cc1ccc(C(C)NC2CCC(N)CC2)cc1[N+](=O)[O-]. The van der Waals surface area contributed by atoms with Crippen molar-refractivity contribution in [1.82, 2.24) is 5.32 Å². The molecule has 1 atom stereocenters. The molecule has 1 fully saturated rings. The molecule has 20 heavy (non-hydrogen) atoms. The summed E-state index contributed by atoms with van der Waals surface area (Å²) in [6.07, 6.45) is 4.27.